The lowest BCUT2D eigenvalue weighted by atomic mass is 10.0. The zero-order valence-corrected chi connectivity index (χ0v) is 26.7. The molecule has 4 heterocycles. The molecule has 2 aromatic heterocycles. The van der Waals surface area contributed by atoms with E-state index in [4.69, 9.17) is 27.9 Å². The van der Waals surface area contributed by atoms with Crippen molar-refractivity contribution in [3.63, 3.8) is 0 Å². The number of aromatic nitrogens is 2. The molecule has 3 atom stereocenters. The summed E-state index contributed by atoms with van der Waals surface area (Å²) < 4.78 is 34.0. The van der Waals surface area contributed by atoms with Crippen LogP contribution in [-0.4, -0.2) is 27.6 Å². The van der Waals surface area contributed by atoms with E-state index in [0.717, 1.165) is 59.4 Å². The molecule has 3 unspecified atom stereocenters. The van der Waals surface area contributed by atoms with Crippen LogP contribution in [0.25, 0.3) is 0 Å². The Morgan fingerprint density at radius 3 is 2.24 bits per heavy atom. The Bertz CT molecular complexity index is 1670. The largest absolute Gasteiger partial charge is 0.506 e. The predicted molar refractivity (Wildman–Crippen MR) is 172 cm³/mol. The molecule has 0 saturated carbocycles. The molecule has 236 valence electrons. The Hall–Kier alpha value is -3.75. The number of unbranched alkanes of at least 4 members (excludes halogenated alkanes) is 1. The quantitative estimate of drug-likeness (QED) is 0.171. The lowest BCUT2D eigenvalue weighted by Gasteiger charge is -2.40. The van der Waals surface area contributed by atoms with Gasteiger partial charge in [0.15, 0.2) is 6.23 Å². The topological polar surface area (TPSA) is 75.5 Å². The van der Waals surface area contributed by atoms with Crippen LogP contribution in [-0.2, 0) is 24.1 Å². The van der Waals surface area contributed by atoms with Gasteiger partial charge in [0.05, 0.1) is 11.7 Å². The van der Waals surface area contributed by atoms with Crippen molar-refractivity contribution in [3.05, 3.63) is 111 Å². The van der Waals surface area contributed by atoms with Gasteiger partial charge >= 0.3 is 0 Å². The molecule has 1 N–H and O–H groups in total. The summed E-state index contributed by atoms with van der Waals surface area (Å²) in [6, 6.07) is 17.0. The van der Waals surface area contributed by atoms with Crippen LogP contribution in [0.4, 0.5) is 14.5 Å². The maximum Gasteiger partial charge on any atom is 0.173 e. The van der Waals surface area contributed by atoms with E-state index in [1.165, 1.54) is 18.2 Å². The van der Waals surface area contributed by atoms with Crippen LogP contribution in [0, 0.1) is 11.6 Å². The molecule has 0 fully saturated rings. The predicted octanol–water partition coefficient (Wildman–Crippen LogP) is 8.94. The molecule has 6 nitrogen and oxygen atoms in total. The van der Waals surface area contributed by atoms with Gasteiger partial charge in [0, 0.05) is 36.4 Å². The molecule has 7 rings (SSSR count). The van der Waals surface area contributed by atoms with Gasteiger partial charge in [-0.25, -0.2) is 18.7 Å². The van der Waals surface area contributed by atoms with Crippen molar-refractivity contribution in [1.82, 2.24) is 9.97 Å². The van der Waals surface area contributed by atoms with E-state index < -0.39 is 0 Å². The van der Waals surface area contributed by atoms with E-state index >= 15 is 0 Å². The second-order valence-electron chi connectivity index (χ2n) is 11.2. The summed E-state index contributed by atoms with van der Waals surface area (Å²) in [6.45, 7) is 4.10. The SMILES string of the molecule is CCCC1Oc2ccc(Cl)nc2C2Cc3c(F)cccc3N12.CCCC=O.Oc1ccc(Cl)nc1C1Cc2cccc(F)c2C1. The Labute approximate surface area is 272 Å². The third-order valence-corrected chi connectivity index (χ3v) is 8.60. The minimum atomic E-state index is -0.184. The van der Waals surface area contributed by atoms with E-state index in [1.54, 1.807) is 24.3 Å². The van der Waals surface area contributed by atoms with Crippen LogP contribution in [0.3, 0.4) is 0 Å². The molecule has 10 heteroatoms. The van der Waals surface area contributed by atoms with Crippen LogP contribution in [0.15, 0.2) is 60.7 Å². The van der Waals surface area contributed by atoms with Crippen LogP contribution in [0.2, 0.25) is 10.3 Å². The number of hydrogen-bond acceptors (Lipinski definition) is 6. The third-order valence-electron chi connectivity index (χ3n) is 8.18. The average molecular weight is 655 g/mol. The van der Waals surface area contributed by atoms with Crippen molar-refractivity contribution in [2.75, 3.05) is 4.90 Å². The zero-order valence-electron chi connectivity index (χ0n) is 25.1. The number of hydrogen-bond donors (Lipinski definition) is 1. The summed E-state index contributed by atoms with van der Waals surface area (Å²) in [5.41, 5.74) is 4.72. The Balaban J connectivity index is 0.000000157. The molecule has 2 aromatic carbocycles. The van der Waals surface area contributed by atoms with Crippen LogP contribution >= 0.6 is 23.2 Å². The maximum atomic E-state index is 14.2. The fraction of sp³-hybridized carbons (Fsp3) is 0.343. The highest BCUT2D eigenvalue weighted by Crippen LogP contribution is 2.48. The number of aromatic hydroxyl groups is 1. The monoisotopic (exact) mass is 653 g/mol. The van der Waals surface area contributed by atoms with Crippen molar-refractivity contribution in [1.29, 1.82) is 0 Å². The number of carbonyl (C=O) groups is 1. The first-order valence-electron chi connectivity index (χ1n) is 15.2. The fourth-order valence-corrected chi connectivity index (χ4v) is 6.43. The number of anilines is 1. The van der Waals surface area contributed by atoms with Gasteiger partial charge in [-0.3, -0.25) is 0 Å². The van der Waals surface area contributed by atoms with Crippen molar-refractivity contribution < 1.29 is 23.4 Å². The fourth-order valence-electron chi connectivity index (χ4n) is 6.12. The van der Waals surface area contributed by atoms with Crippen molar-refractivity contribution in [2.24, 2.45) is 0 Å². The molecule has 3 aliphatic rings. The summed E-state index contributed by atoms with van der Waals surface area (Å²) in [7, 11) is 0. The third kappa shape index (κ3) is 7.07. The van der Waals surface area contributed by atoms with Gasteiger partial charge in [-0.15, -0.1) is 0 Å². The molecule has 2 aliphatic heterocycles. The molecule has 1 aliphatic carbocycles. The van der Waals surface area contributed by atoms with E-state index in [1.807, 2.05) is 25.1 Å². The van der Waals surface area contributed by atoms with Crippen LogP contribution < -0.4 is 9.64 Å². The summed E-state index contributed by atoms with van der Waals surface area (Å²) in [5.74, 6) is 0.535. The molecule has 45 heavy (non-hydrogen) atoms. The highest BCUT2D eigenvalue weighted by Gasteiger charge is 2.43. The maximum absolute atomic E-state index is 14.2. The molecule has 4 aromatic rings. The van der Waals surface area contributed by atoms with E-state index in [2.05, 4.69) is 21.8 Å². The number of fused-ring (bicyclic) bond motifs is 6. The Morgan fingerprint density at radius 1 is 0.889 bits per heavy atom. The smallest absolute Gasteiger partial charge is 0.173 e. The van der Waals surface area contributed by atoms with Crippen LogP contribution in [0.1, 0.15) is 79.6 Å². The van der Waals surface area contributed by atoms with Crippen molar-refractivity contribution >= 4 is 35.2 Å². The molecule has 0 spiro atoms. The van der Waals surface area contributed by atoms with Crippen molar-refractivity contribution in [2.45, 2.75) is 77.0 Å². The molecular weight excluding hydrogens is 619 g/mol. The van der Waals surface area contributed by atoms with Gasteiger partial charge in [-0.2, -0.15) is 0 Å². The summed E-state index contributed by atoms with van der Waals surface area (Å²) in [4.78, 5) is 20.2. The van der Waals surface area contributed by atoms with Gasteiger partial charge in [-0.05, 0) is 72.9 Å². The first kappa shape index (κ1) is 32.6. The van der Waals surface area contributed by atoms with E-state index in [0.29, 0.717) is 41.7 Å². The lowest BCUT2D eigenvalue weighted by molar-refractivity contribution is -0.107. The van der Waals surface area contributed by atoms with Gasteiger partial charge < -0.3 is 19.5 Å². The molecule has 0 amide bonds. The van der Waals surface area contributed by atoms with Crippen molar-refractivity contribution in [3.8, 4) is 11.5 Å². The number of benzene rings is 2. The van der Waals surface area contributed by atoms with Gasteiger partial charge in [0.25, 0.3) is 0 Å². The summed E-state index contributed by atoms with van der Waals surface area (Å²) in [5, 5.41) is 10.6. The number of halogens is 4. The van der Waals surface area contributed by atoms with E-state index in [9.17, 15) is 18.7 Å². The number of pyridine rings is 2. The summed E-state index contributed by atoms with van der Waals surface area (Å²) in [6.07, 6.45) is 6.25. The lowest BCUT2D eigenvalue weighted by Crippen LogP contribution is -2.44. The Morgan fingerprint density at radius 2 is 1.58 bits per heavy atom. The highest BCUT2D eigenvalue weighted by atomic mass is 35.5. The number of ether oxygens (including phenoxy) is 1. The number of aldehydes is 1. The molecule has 0 radical (unpaired) electrons. The molecule has 0 bridgehead atoms. The van der Waals surface area contributed by atoms with Crippen LogP contribution in [0.5, 0.6) is 11.5 Å². The average Bonchev–Trinajstić information content (AvgIpc) is 3.64. The number of carbonyl (C=O) groups excluding carboxylic acids is 1. The number of nitrogens with zero attached hydrogens (tertiary/aromatic N) is 3. The minimum absolute atomic E-state index is 0.00407. The second-order valence-corrected chi connectivity index (χ2v) is 12.0. The standard InChI is InChI=1S/C17H16ClFN2O.C14H11ClFNO.C4H8O/c1-2-4-16-21-12-6-3-5-11(19)10(12)9-13(21)17-14(22-16)7-8-15(18)20-17;15-13-5-4-12(18)14(17-13)9-6-8-2-1-3-11(16)10(8)7-9;1-2-3-4-5/h3,5-8,13,16H,2,4,9H2,1H3;1-5,9,18H,6-7H2;4H,2-3H2,1H3. The minimum Gasteiger partial charge on any atom is -0.506 e. The molecular formula is C35H35Cl2F2N3O3. The van der Waals surface area contributed by atoms with Gasteiger partial charge in [0.2, 0.25) is 0 Å². The molecule has 0 saturated heterocycles. The highest BCUT2D eigenvalue weighted by molar-refractivity contribution is 6.29. The van der Waals surface area contributed by atoms with Gasteiger partial charge in [-0.1, -0.05) is 61.7 Å². The Kier molecular flexibility index (Phi) is 10.6. The number of rotatable bonds is 5. The summed E-state index contributed by atoms with van der Waals surface area (Å²) >= 11 is 11.9. The first-order chi connectivity index (χ1) is 21.7. The van der Waals surface area contributed by atoms with Gasteiger partial charge in [0.1, 0.15) is 45.4 Å². The zero-order chi connectivity index (χ0) is 32.1. The first-order valence-corrected chi connectivity index (χ1v) is 15.9. The second kappa shape index (κ2) is 14.6. The normalized spacial score (nSPS) is 18.6. The van der Waals surface area contributed by atoms with E-state index in [-0.39, 0.29) is 35.6 Å².